The Bertz CT molecular complexity index is 1100. The highest BCUT2D eigenvalue weighted by Crippen LogP contribution is 2.56. The van der Waals surface area contributed by atoms with E-state index >= 15 is 0 Å². The summed E-state index contributed by atoms with van der Waals surface area (Å²) in [5.41, 5.74) is 2.23. The average molecular weight is 574 g/mol. The lowest BCUT2D eigenvalue weighted by Gasteiger charge is -2.46. The predicted octanol–water partition coefficient (Wildman–Crippen LogP) is 5.48. The lowest BCUT2D eigenvalue weighted by Crippen LogP contribution is -2.55. The maximum Gasteiger partial charge on any atom is 0.471 e. The molecular formula is C25H25BrClF3N2O3. The van der Waals surface area contributed by atoms with Crippen molar-refractivity contribution in [2.45, 2.75) is 61.3 Å². The van der Waals surface area contributed by atoms with E-state index in [1.54, 1.807) is 0 Å². The van der Waals surface area contributed by atoms with Crippen LogP contribution in [0.3, 0.4) is 0 Å². The lowest BCUT2D eigenvalue weighted by molar-refractivity contribution is -0.176. The van der Waals surface area contributed by atoms with Crippen LogP contribution in [0.25, 0.3) is 0 Å². The average Bonchev–Trinajstić information content (AvgIpc) is 3.06. The highest BCUT2D eigenvalue weighted by molar-refractivity contribution is 9.10. The zero-order valence-corrected chi connectivity index (χ0v) is 21.3. The van der Waals surface area contributed by atoms with Crippen LogP contribution in [-0.2, 0) is 26.3 Å². The highest BCUT2D eigenvalue weighted by Gasteiger charge is 2.55. The number of fused-ring (bicyclic) bond motifs is 3. The molecule has 0 radical (unpaired) electrons. The standard InChI is InChI=1S/C25H25BrClF3N2O3/c1-35-22(33)19(31-23(34)25(28,29)30)13-24-10-9-17(27)12-21(24)32(14-15-5-3-2-4-6-15)20-8-7-16(26)11-18(20)24/h2-8,11,17,19,21H,9-10,12-14H2,1H3,(H,31,34)/t17-,19?,21+,24-/m0/s1. The van der Waals surface area contributed by atoms with Gasteiger partial charge in [0.25, 0.3) is 0 Å². The smallest absolute Gasteiger partial charge is 0.467 e. The number of ether oxygens (including phenoxy) is 1. The van der Waals surface area contributed by atoms with Crippen molar-refractivity contribution >= 4 is 45.1 Å². The van der Waals surface area contributed by atoms with Gasteiger partial charge in [-0.1, -0.05) is 46.3 Å². The molecule has 4 atom stereocenters. The van der Waals surface area contributed by atoms with E-state index in [-0.39, 0.29) is 17.8 Å². The number of alkyl halides is 4. The Morgan fingerprint density at radius 3 is 2.63 bits per heavy atom. The van der Waals surface area contributed by atoms with Crippen LogP contribution in [0.1, 0.15) is 36.8 Å². The summed E-state index contributed by atoms with van der Waals surface area (Å²) in [5.74, 6) is -3.08. The minimum atomic E-state index is -5.12. The quantitative estimate of drug-likeness (QED) is 0.368. The van der Waals surface area contributed by atoms with E-state index in [1.165, 1.54) is 0 Å². The minimum Gasteiger partial charge on any atom is -0.467 e. The van der Waals surface area contributed by atoms with Gasteiger partial charge in [-0.05, 0) is 55.0 Å². The second kappa shape index (κ2) is 10.0. The molecule has 1 aliphatic heterocycles. The number of carbonyl (C=O) groups excluding carboxylic acids is 2. The van der Waals surface area contributed by atoms with Gasteiger partial charge in [0.1, 0.15) is 6.04 Å². The van der Waals surface area contributed by atoms with E-state index in [0.29, 0.717) is 25.8 Å². The third-order valence-electron chi connectivity index (χ3n) is 7.01. The van der Waals surface area contributed by atoms with Crippen LogP contribution in [0, 0.1) is 0 Å². The zero-order chi connectivity index (χ0) is 25.4. The van der Waals surface area contributed by atoms with Crippen molar-refractivity contribution in [3.8, 4) is 0 Å². The summed E-state index contributed by atoms with van der Waals surface area (Å²) in [4.78, 5) is 26.6. The van der Waals surface area contributed by atoms with Crippen molar-refractivity contribution in [1.29, 1.82) is 0 Å². The molecule has 5 nitrogen and oxygen atoms in total. The zero-order valence-electron chi connectivity index (χ0n) is 18.9. The monoisotopic (exact) mass is 572 g/mol. The molecule has 2 aromatic carbocycles. The largest absolute Gasteiger partial charge is 0.471 e. The minimum absolute atomic E-state index is 0.0372. The number of benzene rings is 2. The van der Waals surface area contributed by atoms with Crippen LogP contribution in [0.5, 0.6) is 0 Å². The Labute approximate surface area is 215 Å². The fourth-order valence-corrected chi connectivity index (χ4v) is 6.13. The van der Waals surface area contributed by atoms with E-state index in [4.69, 9.17) is 16.3 Å². The number of esters is 1. The molecule has 2 aliphatic rings. The Balaban J connectivity index is 1.78. The summed E-state index contributed by atoms with van der Waals surface area (Å²) in [6.45, 7) is 0.573. The SMILES string of the molecule is COC(=O)C(C[C@]12CC[C@H](Cl)C[C@H]1N(Cc1ccccc1)c1ccc(Br)cc12)NC(=O)C(F)(F)F. The molecule has 10 heteroatoms. The molecule has 1 saturated carbocycles. The lowest BCUT2D eigenvalue weighted by atomic mass is 9.64. The first-order valence-electron chi connectivity index (χ1n) is 11.3. The van der Waals surface area contributed by atoms with Gasteiger partial charge in [0.05, 0.1) is 7.11 Å². The molecular weight excluding hydrogens is 549 g/mol. The van der Waals surface area contributed by atoms with Gasteiger partial charge in [-0.3, -0.25) is 4.79 Å². The number of methoxy groups -OCH3 is 1. The van der Waals surface area contributed by atoms with Gasteiger partial charge in [0.2, 0.25) is 0 Å². The summed E-state index contributed by atoms with van der Waals surface area (Å²) in [6.07, 6.45) is -3.39. The van der Waals surface area contributed by atoms with E-state index in [0.717, 1.165) is 28.4 Å². The van der Waals surface area contributed by atoms with Gasteiger partial charge in [-0.25, -0.2) is 4.79 Å². The molecule has 1 amide bonds. The van der Waals surface area contributed by atoms with Gasteiger partial charge in [0, 0.05) is 33.5 Å². The summed E-state index contributed by atoms with van der Waals surface area (Å²) >= 11 is 10.1. The number of hydrogen-bond donors (Lipinski definition) is 1. The number of nitrogens with zero attached hydrogens (tertiary/aromatic N) is 1. The molecule has 1 fully saturated rings. The number of anilines is 1. The normalized spacial score (nSPS) is 24.3. The number of nitrogens with one attached hydrogen (secondary N) is 1. The Hall–Kier alpha value is -2.26. The third kappa shape index (κ3) is 5.16. The summed E-state index contributed by atoms with van der Waals surface area (Å²) in [6, 6.07) is 14.1. The van der Waals surface area contributed by atoms with Gasteiger partial charge in [-0.15, -0.1) is 11.6 Å². The maximum atomic E-state index is 13.1. The molecule has 4 rings (SSSR count). The molecule has 1 N–H and O–H groups in total. The van der Waals surface area contributed by atoms with Crippen LogP contribution in [0.15, 0.2) is 53.0 Å². The van der Waals surface area contributed by atoms with Crippen molar-refractivity contribution in [3.63, 3.8) is 0 Å². The van der Waals surface area contributed by atoms with Crippen molar-refractivity contribution in [3.05, 3.63) is 64.1 Å². The van der Waals surface area contributed by atoms with E-state index < -0.39 is 29.5 Å². The van der Waals surface area contributed by atoms with Crippen LogP contribution < -0.4 is 10.2 Å². The first kappa shape index (κ1) is 25.8. The molecule has 2 aromatic rings. The van der Waals surface area contributed by atoms with Gasteiger partial charge < -0.3 is 15.0 Å². The first-order valence-corrected chi connectivity index (χ1v) is 12.5. The molecule has 0 spiro atoms. The number of carbonyl (C=O) groups is 2. The molecule has 0 bridgehead atoms. The van der Waals surface area contributed by atoms with E-state index in [1.807, 2.05) is 53.8 Å². The maximum absolute atomic E-state index is 13.1. The topological polar surface area (TPSA) is 58.6 Å². The fourth-order valence-electron chi connectivity index (χ4n) is 5.50. The predicted molar refractivity (Wildman–Crippen MR) is 130 cm³/mol. The molecule has 188 valence electrons. The number of hydrogen-bond acceptors (Lipinski definition) is 4. The summed E-state index contributed by atoms with van der Waals surface area (Å²) in [5, 5.41) is 1.76. The molecule has 1 unspecified atom stereocenters. The fraction of sp³-hybridized carbons (Fsp3) is 0.440. The Morgan fingerprint density at radius 2 is 1.97 bits per heavy atom. The van der Waals surface area contributed by atoms with Crippen LogP contribution in [0.2, 0.25) is 0 Å². The highest BCUT2D eigenvalue weighted by atomic mass is 79.9. The van der Waals surface area contributed by atoms with E-state index in [2.05, 4.69) is 20.8 Å². The molecule has 1 aliphatic carbocycles. The molecule has 0 saturated heterocycles. The van der Waals surface area contributed by atoms with Gasteiger partial charge >= 0.3 is 18.1 Å². The molecule has 0 aromatic heterocycles. The van der Waals surface area contributed by atoms with Crippen molar-refractivity contribution < 1.29 is 27.5 Å². The second-order valence-corrected chi connectivity index (χ2v) is 10.6. The third-order valence-corrected chi connectivity index (χ3v) is 7.90. The Morgan fingerprint density at radius 1 is 1.26 bits per heavy atom. The van der Waals surface area contributed by atoms with Gasteiger partial charge in [0.15, 0.2) is 0 Å². The van der Waals surface area contributed by atoms with Crippen LogP contribution in [-0.4, -0.2) is 42.6 Å². The number of amides is 1. The van der Waals surface area contributed by atoms with Crippen molar-refractivity contribution in [2.75, 3.05) is 12.0 Å². The second-order valence-electron chi connectivity index (χ2n) is 9.07. The molecule has 1 heterocycles. The van der Waals surface area contributed by atoms with Crippen molar-refractivity contribution in [2.24, 2.45) is 0 Å². The summed E-state index contributed by atoms with van der Waals surface area (Å²) in [7, 11) is 1.10. The molecule has 35 heavy (non-hydrogen) atoms. The van der Waals surface area contributed by atoms with Crippen LogP contribution >= 0.6 is 27.5 Å². The Kier molecular flexibility index (Phi) is 7.38. The van der Waals surface area contributed by atoms with Crippen molar-refractivity contribution in [1.82, 2.24) is 5.32 Å². The van der Waals surface area contributed by atoms with Crippen LogP contribution in [0.4, 0.5) is 18.9 Å². The number of rotatable bonds is 6. The van der Waals surface area contributed by atoms with E-state index in [9.17, 15) is 22.8 Å². The summed E-state index contributed by atoms with van der Waals surface area (Å²) < 4.78 is 44.8. The van der Waals surface area contributed by atoms with Gasteiger partial charge in [-0.2, -0.15) is 13.2 Å². The number of halogens is 5. The first-order chi connectivity index (χ1) is 16.5.